The van der Waals surface area contributed by atoms with Gasteiger partial charge in [-0.05, 0) is 73.9 Å². The van der Waals surface area contributed by atoms with E-state index >= 15 is 0 Å². The standard InChI is InChI=1S/C24H26ClN3O5S2/c1-16-7-5-8-17(2)24(16)27-35(32,33)20-13-11-19(12-14-20)26-23(29)15-28(34(4,30)31)22-10-6-9-21(25)18(22)3/h5-14,27H,15H2,1-4H3,(H,26,29). The number of carbonyl (C=O) groups excluding carboxylic acids is 1. The van der Waals surface area contributed by atoms with E-state index in [0.29, 0.717) is 27.6 Å². The number of benzene rings is 3. The molecule has 2 N–H and O–H groups in total. The van der Waals surface area contributed by atoms with E-state index in [9.17, 15) is 21.6 Å². The van der Waals surface area contributed by atoms with Gasteiger partial charge in [0, 0.05) is 10.7 Å². The summed E-state index contributed by atoms with van der Waals surface area (Å²) >= 11 is 6.12. The van der Waals surface area contributed by atoms with Gasteiger partial charge in [-0.3, -0.25) is 13.8 Å². The van der Waals surface area contributed by atoms with E-state index in [1.807, 2.05) is 32.0 Å². The summed E-state index contributed by atoms with van der Waals surface area (Å²) in [6.07, 6.45) is 1.00. The maximum Gasteiger partial charge on any atom is 0.261 e. The monoisotopic (exact) mass is 535 g/mol. The fourth-order valence-corrected chi connectivity index (χ4v) is 5.74. The zero-order chi connectivity index (χ0) is 26.0. The molecule has 0 atom stereocenters. The van der Waals surface area contributed by atoms with Crippen molar-refractivity contribution in [3.8, 4) is 0 Å². The van der Waals surface area contributed by atoms with Gasteiger partial charge in [-0.25, -0.2) is 16.8 Å². The van der Waals surface area contributed by atoms with E-state index in [1.165, 1.54) is 24.3 Å². The zero-order valence-corrected chi connectivity index (χ0v) is 22.1. The SMILES string of the molecule is Cc1cccc(C)c1NS(=O)(=O)c1ccc(NC(=O)CN(c2cccc(Cl)c2C)S(C)(=O)=O)cc1. The number of anilines is 3. The fourth-order valence-electron chi connectivity index (χ4n) is 3.46. The highest BCUT2D eigenvalue weighted by molar-refractivity contribution is 7.92. The summed E-state index contributed by atoms with van der Waals surface area (Å²) in [5.74, 6) is -0.598. The average Bonchev–Trinajstić information content (AvgIpc) is 2.76. The van der Waals surface area contributed by atoms with Gasteiger partial charge >= 0.3 is 0 Å². The summed E-state index contributed by atoms with van der Waals surface area (Å²) in [6, 6.07) is 15.9. The number of sulfonamides is 2. The summed E-state index contributed by atoms with van der Waals surface area (Å²) in [5, 5.41) is 2.98. The summed E-state index contributed by atoms with van der Waals surface area (Å²) in [5.41, 5.74) is 3.25. The number of hydrogen-bond acceptors (Lipinski definition) is 5. The van der Waals surface area contributed by atoms with Gasteiger partial charge in [0.2, 0.25) is 15.9 Å². The number of aryl methyl sites for hydroxylation is 2. The number of hydrogen-bond donors (Lipinski definition) is 2. The van der Waals surface area contributed by atoms with Crippen molar-refractivity contribution in [3.05, 3.63) is 82.4 Å². The first-order valence-corrected chi connectivity index (χ1v) is 14.2. The van der Waals surface area contributed by atoms with Crippen LogP contribution >= 0.6 is 11.6 Å². The number of carbonyl (C=O) groups is 1. The van der Waals surface area contributed by atoms with Crippen molar-refractivity contribution in [1.82, 2.24) is 0 Å². The molecule has 0 aliphatic carbocycles. The summed E-state index contributed by atoms with van der Waals surface area (Å²) < 4.78 is 54.0. The van der Waals surface area contributed by atoms with Crippen LogP contribution in [-0.2, 0) is 24.8 Å². The number of halogens is 1. The molecule has 0 saturated heterocycles. The normalized spacial score (nSPS) is 11.7. The first-order valence-electron chi connectivity index (χ1n) is 10.5. The van der Waals surface area contributed by atoms with Crippen LogP contribution in [0.3, 0.4) is 0 Å². The van der Waals surface area contributed by atoms with Crippen LogP contribution in [0.25, 0.3) is 0 Å². The molecule has 0 saturated carbocycles. The van der Waals surface area contributed by atoms with Gasteiger partial charge in [0.15, 0.2) is 0 Å². The number of nitrogens with zero attached hydrogens (tertiary/aromatic N) is 1. The summed E-state index contributed by atoms with van der Waals surface area (Å²) in [7, 11) is -7.63. The predicted octanol–water partition coefficient (Wildman–Crippen LogP) is 4.47. The van der Waals surface area contributed by atoms with Crippen LogP contribution in [0, 0.1) is 20.8 Å². The molecular formula is C24H26ClN3O5S2. The molecule has 1 amide bonds. The average molecular weight is 536 g/mol. The largest absolute Gasteiger partial charge is 0.325 e. The first-order chi connectivity index (χ1) is 16.3. The topological polar surface area (TPSA) is 113 Å². The highest BCUT2D eigenvalue weighted by Crippen LogP contribution is 2.28. The molecule has 0 bridgehead atoms. The van der Waals surface area contributed by atoms with Crippen molar-refractivity contribution in [2.45, 2.75) is 25.7 Å². The minimum Gasteiger partial charge on any atom is -0.325 e. The molecule has 3 rings (SSSR count). The Hall–Kier alpha value is -3.08. The van der Waals surface area contributed by atoms with Crippen molar-refractivity contribution < 1.29 is 21.6 Å². The molecule has 0 heterocycles. The van der Waals surface area contributed by atoms with Crippen LogP contribution in [0.4, 0.5) is 17.1 Å². The molecule has 3 aromatic rings. The predicted molar refractivity (Wildman–Crippen MR) is 140 cm³/mol. The molecule has 3 aromatic carbocycles. The Bertz CT molecular complexity index is 1450. The lowest BCUT2D eigenvalue weighted by molar-refractivity contribution is -0.114. The lowest BCUT2D eigenvalue weighted by Gasteiger charge is -2.24. The second kappa shape index (κ2) is 10.3. The molecule has 186 valence electrons. The Balaban J connectivity index is 1.76. The Kier molecular flexibility index (Phi) is 7.78. The lowest BCUT2D eigenvalue weighted by Crippen LogP contribution is -2.37. The van der Waals surface area contributed by atoms with Crippen molar-refractivity contribution in [2.75, 3.05) is 27.1 Å². The molecule has 35 heavy (non-hydrogen) atoms. The maximum atomic E-state index is 12.8. The van der Waals surface area contributed by atoms with Crippen molar-refractivity contribution in [3.63, 3.8) is 0 Å². The van der Waals surface area contributed by atoms with Crippen LogP contribution in [0.1, 0.15) is 16.7 Å². The maximum absolute atomic E-state index is 12.8. The zero-order valence-electron chi connectivity index (χ0n) is 19.7. The third-order valence-electron chi connectivity index (χ3n) is 5.36. The van der Waals surface area contributed by atoms with Crippen LogP contribution in [-0.4, -0.2) is 35.5 Å². The van der Waals surface area contributed by atoms with Gasteiger partial charge in [-0.1, -0.05) is 35.9 Å². The van der Waals surface area contributed by atoms with E-state index in [-0.39, 0.29) is 4.90 Å². The molecule has 0 radical (unpaired) electrons. The molecule has 0 fully saturated rings. The van der Waals surface area contributed by atoms with E-state index < -0.39 is 32.5 Å². The number of nitrogens with one attached hydrogen (secondary N) is 2. The Morgan fingerprint density at radius 1 is 0.886 bits per heavy atom. The molecular weight excluding hydrogens is 510 g/mol. The van der Waals surface area contributed by atoms with Crippen LogP contribution < -0.4 is 14.3 Å². The third kappa shape index (κ3) is 6.33. The van der Waals surface area contributed by atoms with E-state index in [0.717, 1.165) is 21.7 Å². The van der Waals surface area contributed by atoms with Gasteiger partial charge in [0.05, 0.1) is 22.5 Å². The first kappa shape index (κ1) is 26.5. The van der Waals surface area contributed by atoms with Gasteiger partial charge in [0.1, 0.15) is 6.54 Å². The van der Waals surface area contributed by atoms with Crippen molar-refractivity contribution in [2.24, 2.45) is 0 Å². The highest BCUT2D eigenvalue weighted by atomic mass is 35.5. The second-order valence-electron chi connectivity index (χ2n) is 8.10. The molecule has 0 unspecified atom stereocenters. The molecule has 11 heteroatoms. The van der Waals surface area contributed by atoms with E-state index in [2.05, 4.69) is 10.0 Å². The van der Waals surface area contributed by atoms with Crippen molar-refractivity contribution in [1.29, 1.82) is 0 Å². The smallest absolute Gasteiger partial charge is 0.261 e. The Morgan fingerprint density at radius 2 is 1.46 bits per heavy atom. The molecule has 0 aliphatic rings. The third-order valence-corrected chi connectivity index (χ3v) is 8.26. The van der Waals surface area contributed by atoms with Crippen LogP contribution in [0.2, 0.25) is 5.02 Å². The van der Waals surface area contributed by atoms with E-state index in [4.69, 9.17) is 11.6 Å². The van der Waals surface area contributed by atoms with E-state index in [1.54, 1.807) is 25.1 Å². The molecule has 8 nitrogen and oxygen atoms in total. The fraction of sp³-hybridized carbons (Fsp3) is 0.208. The van der Waals surface area contributed by atoms with Gasteiger partial charge in [0.25, 0.3) is 10.0 Å². The van der Waals surface area contributed by atoms with Crippen LogP contribution in [0.5, 0.6) is 0 Å². The number of amides is 1. The number of para-hydroxylation sites is 1. The summed E-state index contributed by atoms with van der Waals surface area (Å²) in [4.78, 5) is 12.7. The quantitative estimate of drug-likeness (QED) is 0.442. The van der Waals surface area contributed by atoms with Gasteiger partial charge in [-0.15, -0.1) is 0 Å². The number of rotatable bonds is 8. The minimum absolute atomic E-state index is 0.0190. The highest BCUT2D eigenvalue weighted by Gasteiger charge is 2.23. The van der Waals surface area contributed by atoms with Gasteiger partial charge in [-0.2, -0.15) is 0 Å². The van der Waals surface area contributed by atoms with Crippen molar-refractivity contribution >= 4 is 54.6 Å². The second-order valence-corrected chi connectivity index (χ2v) is 12.1. The lowest BCUT2D eigenvalue weighted by atomic mass is 10.1. The molecule has 0 aliphatic heterocycles. The molecule has 0 aromatic heterocycles. The minimum atomic E-state index is -3.85. The Labute approximate surface area is 211 Å². The van der Waals surface area contributed by atoms with Crippen LogP contribution in [0.15, 0.2) is 65.6 Å². The Morgan fingerprint density at radius 3 is 2.03 bits per heavy atom. The molecule has 0 spiro atoms. The summed E-state index contributed by atoms with van der Waals surface area (Å²) in [6.45, 7) is 4.82. The van der Waals surface area contributed by atoms with Gasteiger partial charge < -0.3 is 5.32 Å².